The monoisotopic (exact) mass is 359 g/mol. The zero-order valence-corrected chi connectivity index (χ0v) is 14.8. The number of nitrogens with one attached hydrogen (secondary N) is 2. The lowest BCUT2D eigenvalue weighted by atomic mass is 10.1. The summed E-state index contributed by atoms with van der Waals surface area (Å²) in [7, 11) is -2.21. The van der Waals surface area contributed by atoms with Crippen molar-refractivity contribution in [3.05, 3.63) is 58.1 Å². The van der Waals surface area contributed by atoms with E-state index in [4.69, 9.17) is 0 Å². The summed E-state index contributed by atoms with van der Waals surface area (Å²) in [5.41, 5.74) is 2.32. The molecular weight excluding hydrogens is 342 g/mol. The summed E-state index contributed by atoms with van der Waals surface area (Å²) in [4.78, 5) is 11.6. The van der Waals surface area contributed by atoms with Gasteiger partial charge in [-0.1, -0.05) is 12.1 Å². The Kier molecular flexibility index (Phi) is 4.17. The molecule has 2 heterocycles. The summed E-state index contributed by atoms with van der Waals surface area (Å²) in [6.45, 7) is 3.28. The second-order valence-corrected chi connectivity index (χ2v) is 7.25. The molecule has 9 heteroatoms. The van der Waals surface area contributed by atoms with E-state index in [1.165, 1.54) is 10.7 Å². The SMILES string of the molecule is Cc1n[nH]c(C)c1S(=O)(=O)Nc1cccc(-c2ccc(=O)n(C)n2)c1. The topological polar surface area (TPSA) is 110 Å². The van der Waals surface area contributed by atoms with Crippen LogP contribution in [0.25, 0.3) is 11.3 Å². The van der Waals surface area contributed by atoms with E-state index in [1.54, 1.807) is 51.2 Å². The van der Waals surface area contributed by atoms with Gasteiger partial charge in [0.25, 0.3) is 15.6 Å². The first kappa shape index (κ1) is 16.9. The van der Waals surface area contributed by atoms with Crippen LogP contribution in [-0.2, 0) is 17.1 Å². The number of benzene rings is 1. The number of nitrogens with zero attached hydrogens (tertiary/aromatic N) is 3. The summed E-state index contributed by atoms with van der Waals surface area (Å²) < 4.78 is 29.0. The Morgan fingerprint density at radius 2 is 1.92 bits per heavy atom. The van der Waals surface area contributed by atoms with E-state index in [0.29, 0.717) is 28.3 Å². The lowest BCUT2D eigenvalue weighted by Crippen LogP contribution is -2.18. The molecule has 0 amide bonds. The van der Waals surface area contributed by atoms with E-state index >= 15 is 0 Å². The summed E-state index contributed by atoms with van der Waals surface area (Å²) >= 11 is 0. The van der Waals surface area contributed by atoms with Gasteiger partial charge in [-0.25, -0.2) is 13.1 Å². The molecule has 0 aliphatic rings. The molecule has 0 spiro atoms. The third-order valence-electron chi connectivity index (χ3n) is 3.70. The quantitative estimate of drug-likeness (QED) is 0.735. The van der Waals surface area contributed by atoms with Gasteiger partial charge in [0.05, 0.1) is 17.1 Å². The Labute approximate surface area is 144 Å². The molecule has 0 atom stereocenters. The number of anilines is 1. The van der Waals surface area contributed by atoms with Crippen LogP contribution in [0.1, 0.15) is 11.4 Å². The maximum Gasteiger partial charge on any atom is 0.266 e. The smallest absolute Gasteiger partial charge is 0.266 e. The third-order valence-corrected chi connectivity index (χ3v) is 5.34. The van der Waals surface area contributed by atoms with Gasteiger partial charge in [0.1, 0.15) is 4.90 Å². The number of aromatic nitrogens is 4. The molecule has 3 aromatic rings. The number of hydrogen-bond donors (Lipinski definition) is 2. The standard InChI is InChI=1S/C16H17N5O3S/c1-10-16(11(2)18-17-10)25(23,24)20-13-6-4-5-12(9-13)14-7-8-15(22)21(3)19-14/h4-9,20H,1-3H3,(H,17,18). The Morgan fingerprint density at radius 1 is 1.16 bits per heavy atom. The lowest BCUT2D eigenvalue weighted by Gasteiger charge is -2.10. The molecule has 0 saturated carbocycles. The number of hydrogen-bond acceptors (Lipinski definition) is 5. The molecule has 3 rings (SSSR count). The third kappa shape index (κ3) is 3.31. The highest BCUT2D eigenvalue weighted by molar-refractivity contribution is 7.92. The molecular formula is C16H17N5O3S. The van der Waals surface area contributed by atoms with Crippen molar-refractivity contribution >= 4 is 15.7 Å². The number of aryl methyl sites for hydroxylation is 3. The van der Waals surface area contributed by atoms with Crippen LogP contribution >= 0.6 is 0 Å². The Morgan fingerprint density at radius 3 is 2.56 bits per heavy atom. The molecule has 25 heavy (non-hydrogen) atoms. The van der Waals surface area contributed by atoms with Crippen molar-refractivity contribution in [1.82, 2.24) is 20.0 Å². The Hall–Kier alpha value is -2.94. The van der Waals surface area contributed by atoms with Crippen LogP contribution in [0, 0.1) is 13.8 Å². The van der Waals surface area contributed by atoms with Crippen molar-refractivity contribution in [3.8, 4) is 11.3 Å². The van der Waals surface area contributed by atoms with Crippen molar-refractivity contribution in [2.45, 2.75) is 18.7 Å². The van der Waals surface area contributed by atoms with E-state index in [0.717, 1.165) is 0 Å². The second-order valence-electron chi connectivity index (χ2n) is 5.63. The summed E-state index contributed by atoms with van der Waals surface area (Å²) in [6.07, 6.45) is 0. The minimum absolute atomic E-state index is 0.137. The van der Waals surface area contributed by atoms with E-state index in [1.807, 2.05) is 0 Å². The summed E-state index contributed by atoms with van der Waals surface area (Å²) in [5, 5.41) is 10.8. The highest BCUT2D eigenvalue weighted by atomic mass is 32.2. The Balaban J connectivity index is 1.97. The van der Waals surface area contributed by atoms with Crippen molar-refractivity contribution in [3.63, 3.8) is 0 Å². The zero-order chi connectivity index (χ0) is 18.2. The molecule has 130 valence electrons. The molecule has 0 aliphatic carbocycles. The molecule has 0 fully saturated rings. The molecule has 8 nitrogen and oxygen atoms in total. The van der Waals surface area contributed by atoms with Gasteiger partial charge in [-0.15, -0.1) is 0 Å². The van der Waals surface area contributed by atoms with Crippen LogP contribution < -0.4 is 10.3 Å². The number of rotatable bonds is 4. The fourth-order valence-electron chi connectivity index (χ4n) is 2.54. The van der Waals surface area contributed by atoms with Crippen LogP contribution in [0.5, 0.6) is 0 Å². The maximum absolute atomic E-state index is 12.6. The molecule has 0 unspecified atom stereocenters. The van der Waals surface area contributed by atoms with Crippen molar-refractivity contribution < 1.29 is 8.42 Å². The van der Waals surface area contributed by atoms with Gasteiger partial charge in [-0.05, 0) is 32.0 Å². The van der Waals surface area contributed by atoms with E-state index in [9.17, 15) is 13.2 Å². The van der Waals surface area contributed by atoms with Gasteiger partial charge < -0.3 is 0 Å². The summed E-state index contributed by atoms with van der Waals surface area (Å²) in [5.74, 6) is 0. The number of H-pyrrole nitrogens is 1. The predicted octanol–water partition coefficient (Wildman–Crippen LogP) is 1.59. The zero-order valence-electron chi connectivity index (χ0n) is 13.9. The highest BCUT2D eigenvalue weighted by Crippen LogP contribution is 2.24. The van der Waals surface area contributed by atoms with Gasteiger partial charge in [0.2, 0.25) is 0 Å². The Bertz CT molecular complexity index is 1080. The van der Waals surface area contributed by atoms with Crippen molar-refractivity contribution in [1.29, 1.82) is 0 Å². The van der Waals surface area contributed by atoms with Crippen LogP contribution in [0.4, 0.5) is 5.69 Å². The van der Waals surface area contributed by atoms with Gasteiger partial charge in [-0.3, -0.25) is 14.6 Å². The first-order chi connectivity index (χ1) is 11.8. The van der Waals surface area contributed by atoms with Gasteiger partial charge in [0, 0.05) is 24.4 Å². The maximum atomic E-state index is 12.6. The molecule has 0 radical (unpaired) electrons. The minimum atomic E-state index is -3.76. The van der Waals surface area contributed by atoms with Crippen molar-refractivity contribution in [2.75, 3.05) is 4.72 Å². The molecule has 0 bridgehead atoms. The fourth-order valence-corrected chi connectivity index (χ4v) is 3.96. The summed E-state index contributed by atoms with van der Waals surface area (Å²) in [6, 6.07) is 9.83. The largest absolute Gasteiger partial charge is 0.281 e. The first-order valence-electron chi connectivity index (χ1n) is 7.47. The van der Waals surface area contributed by atoms with Crippen LogP contribution in [-0.4, -0.2) is 28.4 Å². The number of sulfonamides is 1. The van der Waals surface area contributed by atoms with Crippen LogP contribution in [0.3, 0.4) is 0 Å². The number of aromatic amines is 1. The minimum Gasteiger partial charge on any atom is -0.281 e. The average molecular weight is 359 g/mol. The van der Waals surface area contributed by atoms with E-state index < -0.39 is 10.0 Å². The second kappa shape index (κ2) is 6.17. The van der Waals surface area contributed by atoms with Gasteiger partial charge in [0.15, 0.2) is 0 Å². The molecule has 0 aliphatic heterocycles. The van der Waals surface area contributed by atoms with Gasteiger partial charge >= 0.3 is 0 Å². The first-order valence-corrected chi connectivity index (χ1v) is 8.95. The van der Waals surface area contributed by atoms with Crippen molar-refractivity contribution in [2.24, 2.45) is 7.05 Å². The predicted molar refractivity (Wildman–Crippen MR) is 93.8 cm³/mol. The van der Waals surface area contributed by atoms with Gasteiger partial charge in [-0.2, -0.15) is 10.2 Å². The van der Waals surface area contributed by atoms with Crippen LogP contribution in [0.2, 0.25) is 0 Å². The molecule has 0 saturated heterocycles. The van der Waals surface area contributed by atoms with Crippen LogP contribution in [0.15, 0.2) is 46.1 Å². The van der Waals surface area contributed by atoms with E-state index in [-0.39, 0.29) is 10.5 Å². The van der Waals surface area contributed by atoms with E-state index in [2.05, 4.69) is 20.0 Å². The highest BCUT2D eigenvalue weighted by Gasteiger charge is 2.22. The lowest BCUT2D eigenvalue weighted by molar-refractivity contribution is 0.600. The molecule has 2 N–H and O–H groups in total. The normalized spacial score (nSPS) is 11.5. The molecule has 1 aromatic carbocycles. The molecule has 2 aromatic heterocycles. The average Bonchev–Trinajstić information content (AvgIpc) is 2.89. The fraction of sp³-hybridized carbons (Fsp3) is 0.188.